The molecule has 0 aliphatic carbocycles. The Balaban J connectivity index is 2.05. The van der Waals surface area contributed by atoms with Gasteiger partial charge in [0, 0.05) is 18.7 Å². The van der Waals surface area contributed by atoms with Crippen LogP contribution < -0.4 is 5.32 Å². The summed E-state index contributed by atoms with van der Waals surface area (Å²) in [6, 6.07) is 10.7. The molecule has 0 radical (unpaired) electrons. The Morgan fingerprint density at radius 2 is 1.70 bits per heavy atom. The van der Waals surface area contributed by atoms with E-state index in [1.807, 2.05) is 18.2 Å². The lowest BCUT2D eigenvalue weighted by molar-refractivity contribution is 0.531. The summed E-state index contributed by atoms with van der Waals surface area (Å²) in [7, 11) is 0. The summed E-state index contributed by atoms with van der Waals surface area (Å²) in [4.78, 5) is 0. The Kier molecular flexibility index (Phi) is 5.26. The molecule has 0 aliphatic rings. The van der Waals surface area contributed by atoms with Gasteiger partial charge in [-0.1, -0.05) is 31.2 Å². The first-order valence-corrected chi connectivity index (χ1v) is 7.32. The van der Waals surface area contributed by atoms with Crippen molar-refractivity contribution in [3.05, 3.63) is 69.2 Å². The molecule has 0 amide bonds. The smallest absolute Gasteiger partial charge is 0.144 e. The van der Waals surface area contributed by atoms with Gasteiger partial charge in [-0.15, -0.1) is 0 Å². The van der Waals surface area contributed by atoms with Gasteiger partial charge in [-0.2, -0.15) is 0 Å². The number of halogens is 3. The molecular weight excluding hydrogens is 324 g/mol. The Hall–Kier alpha value is -1.26. The van der Waals surface area contributed by atoms with Gasteiger partial charge in [-0.25, -0.2) is 8.78 Å². The molecule has 1 nitrogen and oxygen atoms in total. The van der Waals surface area contributed by atoms with Gasteiger partial charge in [0.05, 0.1) is 4.47 Å². The van der Waals surface area contributed by atoms with E-state index >= 15 is 0 Å². The fourth-order valence-corrected chi connectivity index (χ4v) is 2.50. The first kappa shape index (κ1) is 15.1. The summed E-state index contributed by atoms with van der Waals surface area (Å²) >= 11 is 3.07. The largest absolute Gasteiger partial charge is 0.308 e. The minimum Gasteiger partial charge on any atom is -0.308 e. The molecule has 0 atom stereocenters. The first-order valence-electron chi connectivity index (χ1n) is 6.53. The highest BCUT2D eigenvalue weighted by Crippen LogP contribution is 2.21. The van der Waals surface area contributed by atoms with E-state index in [-0.39, 0.29) is 16.6 Å². The maximum absolute atomic E-state index is 13.8. The first-order chi connectivity index (χ1) is 9.63. The van der Waals surface area contributed by atoms with Crippen molar-refractivity contribution >= 4 is 15.9 Å². The van der Waals surface area contributed by atoms with Crippen molar-refractivity contribution in [1.82, 2.24) is 5.32 Å². The van der Waals surface area contributed by atoms with Crippen LogP contribution in [-0.2, 0) is 19.5 Å². The Morgan fingerprint density at radius 3 is 2.40 bits per heavy atom. The third kappa shape index (κ3) is 3.44. The van der Waals surface area contributed by atoms with Crippen LogP contribution in [0.1, 0.15) is 23.6 Å². The molecule has 4 heteroatoms. The zero-order valence-electron chi connectivity index (χ0n) is 11.2. The molecule has 106 valence electrons. The van der Waals surface area contributed by atoms with Crippen LogP contribution in [0.25, 0.3) is 0 Å². The zero-order chi connectivity index (χ0) is 14.5. The van der Waals surface area contributed by atoms with Crippen molar-refractivity contribution in [3.8, 4) is 0 Å². The third-order valence-electron chi connectivity index (χ3n) is 3.26. The summed E-state index contributed by atoms with van der Waals surface area (Å²) in [5.41, 5.74) is 2.47. The average Bonchev–Trinajstić information content (AvgIpc) is 2.47. The molecule has 0 unspecified atom stereocenters. The normalized spacial score (nSPS) is 10.8. The maximum Gasteiger partial charge on any atom is 0.144 e. The Labute approximate surface area is 126 Å². The van der Waals surface area contributed by atoms with E-state index in [2.05, 4.69) is 34.2 Å². The van der Waals surface area contributed by atoms with Gasteiger partial charge in [0.25, 0.3) is 0 Å². The van der Waals surface area contributed by atoms with E-state index in [4.69, 9.17) is 0 Å². The fourth-order valence-electron chi connectivity index (χ4n) is 2.13. The molecule has 2 aromatic carbocycles. The van der Waals surface area contributed by atoms with Crippen LogP contribution >= 0.6 is 15.9 Å². The van der Waals surface area contributed by atoms with Crippen LogP contribution in [0, 0.1) is 11.6 Å². The molecule has 2 rings (SSSR count). The quantitative estimate of drug-likeness (QED) is 0.786. The SMILES string of the molecule is CCc1ccccc1CNCc1c(F)ccc(Br)c1F. The highest BCUT2D eigenvalue weighted by atomic mass is 79.9. The monoisotopic (exact) mass is 339 g/mol. The second kappa shape index (κ2) is 6.95. The number of rotatable bonds is 5. The number of hydrogen-bond acceptors (Lipinski definition) is 1. The molecule has 0 aliphatic heterocycles. The summed E-state index contributed by atoms with van der Waals surface area (Å²) in [6.07, 6.45) is 0.942. The summed E-state index contributed by atoms with van der Waals surface area (Å²) in [6.45, 7) is 2.84. The predicted molar refractivity (Wildman–Crippen MR) is 80.4 cm³/mol. The second-order valence-electron chi connectivity index (χ2n) is 4.55. The van der Waals surface area contributed by atoms with Gasteiger partial charge in [-0.05, 0) is 45.6 Å². The molecule has 1 N–H and O–H groups in total. The topological polar surface area (TPSA) is 12.0 Å². The minimum absolute atomic E-state index is 0.0633. The highest BCUT2D eigenvalue weighted by molar-refractivity contribution is 9.10. The van der Waals surface area contributed by atoms with Crippen molar-refractivity contribution in [2.45, 2.75) is 26.4 Å². The highest BCUT2D eigenvalue weighted by Gasteiger charge is 2.11. The number of nitrogens with one attached hydrogen (secondary N) is 1. The van der Waals surface area contributed by atoms with E-state index in [0.717, 1.165) is 12.0 Å². The Bertz CT molecular complexity index is 599. The van der Waals surface area contributed by atoms with Gasteiger partial charge in [0.1, 0.15) is 11.6 Å². The maximum atomic E-state index is 13.8. The molecule has 2 aromatic rings. The molecule has 0 aromatic heterocycles. The van der Waals surface area contributed by atoms with E-state index in [1.54, 1.807) is 0 Å². The minimum atomic E-state index is -0.540. The number of benzene rings is 2. The van der Waals surface area contributed by atoms with E-state index in [0.29, 0.717) is 6.54 Å². The summed E-state index contributed by atoms with van der Waals surface area (Å²) in [5.74, 6) is -1.07. The Morgan fingerprint density at radius 1 is 1.00 bits per heavy atom. The molecular formula is C16H16BrF2N. The number of hydrogen-bond donors (Lipinski definition) is 1. The second-order valence-corrected chi connectivity index (χ2v) is 5.40. The van der Waals surface area contributed by atoms with E-state index in [9.17, 15) is 8.78 Å². The van der Waals surface area contributed by atoms with Crippen LogP contribution in [-0.4, -0.2) is 0 Å². The lowest BCUT2D eigenvalue weighted by Gasteiger charge is -2.11. The molecule has 0 heterocycles. The van der Waals surface area contributed by atoms with Gasteiger partial charge in [0.2, 0.25) is 0 Å². The fraction of sp³-hybridized carbons (Fsp3) is 0.250. The van der Waals surface area contributed by atoms with Gasteiger partial charge >= 0.3 is 0 Å². The summed E-state index contributed by atoms with van der Waals surface area (Å²) in [5, 5.41) is 3.10. The van der Waals surface area contributed by atoms with Crippen LogP contribution in [0.3, 0.4) is 0 Å². The molecule has 20 heavy (non-hydrogen) atoms. The molecule has 0 saturated heterocycles. The number of aryl methyl sites for hydroxylation is 1. The molecule has 0 saturated carbocycles. The van der Waals surface area contributed by atoms with E-state index in [1.165, 1.54) is 17.7 Å². The standard InChI is InChI=1S/C16H16BrF2N/c1-2-11-5-3-4-6-12(11)9-20-10-13-15(18)8-7-14(17)16(13)19/h3-8,20H,2,9-10H2,1H3. The van der Waals surface area contributed by atoms with Crippen LogP contribution in [0.2, 0.25) is 0 Å². The van der Waals surface area contributed by atoms with Crippen LogP contribution in [0.5, 0.6) is 0 Å². The van der Waals surface area contributed by atoms with Crippen LogP contribution in [0.4, 0.5) is 8.78 Å². The van der Waals surface area contributed by atoms with Gasteiger partial charge in [-0.3, -0.25) is 0 Å². The van der Waals surface area contributed by atoms with Gasteiger partial charge < -0.3 is 5.32 Å². The van der Waals surface area contributed by atoms with Crippen molar-refractivity contribution in [1.29, 1.82) is 0 Å². The molecule has 0 spiro atoms. The molecule has 0 fully saturated rings. The lowest BCUT2D eigenvalue weighted by Crippen LogP contribution is -2.16. The lowest BCUT2D eigenvalue weighted by atomic mass is 10.1. The average molecular weight is 340 g/mol. The third-order valence-corrected chi connectivity index (χ3v) is 3.87. The van der Waals surface area contributed by atoms with Crippen molar-refractivity contribution in [2.75, 3.05) is 0 Å². The zero-order valence-corrected chi connectivity index (χ0v) is 12.8. The predicted octanol–water partition coefficient (Wildman–Crippen LogP) is 4.58. The van der Waals surface area contributed by atoms with E-state index < -0.39 is 11.6 Å². The van der Waals surface area contributed by atoms with Crippen molar-refractivity contribution < 1.29 is 8.78 Å². The van der Waals surface area contributed by atoms with Crippen LogP contribution in [0.15, 0.2) is 40.9 Å². The summed E-state index contributed by atoms with van der Waals surface area (Å²) < 4.78 is 27.7. The molecule has 0 bridgehead atoms. The van der Waals surface area contributed by atoms with Gasteiger partial charge in [0.15, 0.2) is 0 Å². The van der Waals surface area contributed by atoms with Crippen molar-refractivity contribution in [3.63, 3.8) is 0 Å². The van der Waals surface area contributed by atoms with Crippen molar-refractivity contribution in [2.24, 2.45) is 0 Å².